The fourth-order valence-corrected chi connectivity index (χ4v) is 3.77. The van der Waals surface area contributed by atoms with E-state index in [1.807, 2.05) is 0 Å². The molecule has 1 atom stereocenters. The first-order valence-corrected chi connectivity index (χ1v) is 7.78. The quantitative estimate of drug-likeness (QED) is 0.712. The number of aliphatic carboxylic acids is 1. The molecule has 20 heavy (non-hydrogen) atoms. The van der Waals surface area contributed by atoms with Crippen molar-refractivity contribution >= 4 is 16.2 Å². The van der Waals surface area contributed by atoms with E-state index in [2.05, 4.69) is 14.9 Å². The second kappa shape index (κ2) is 5.51. The standard InChI is InChI=1S/C11H18N4O4S/c1-7-9(8(2)13-12-7)10(11(16)17)14-20(18,19)15-5-3-4-6-15/h10,14H,3-6H2,1-2H3,(H,12,13)(H,16,17)/t10-/m1/s1. The van der Waals surface area contributed by atoms with Gasteiger partial charge in [-0.15, -0.1) is 0 Å². The third-order valence-electron chi connectivity index (χ3n) is 3.39. The third-order valence-corrected chi connectivity index (χ3v) is 4.97. The molecule has 1 saturated heterocycles. The zero-order chi connectivity index (χ0) is 14.9. The molecule has 2 heterocycles. The maximum atomic E-state index is 12.2. The molecule has 1 aromatic heterocycles. The SMILES string of the molecule is Cc1n[nH]c(C)c1[C@@H](NS(=O)(=O)N1CCCC1)C(=O)O. The summed E-state index contributed by atoms with van der Waals surface area (Å²) in [6.45, 7) is 4.14. The Kier molecular flexibility index (Phi) is 4.11. The van der Waals surface area contributed by atoms with E-state index in [4.69, 9.17) is 0 Å². The molecule has 0 radical (unpaired) electrons. The van der Waals surface area contributed by atoms with Crippen molar-refractivity contribution in [1.29, 1.82) is 0 Å². The lowest BCUT2D eigenvalue weighted by Crippen LogP contribution is -2.43. The van der Waals surface area contributed by atoms with Crippen LogP contribution in [0.4, 0.5) is 0 Å². The summed E-state index contributed by atoms with van der Waals surface area (Å²) in [5, 5.41) is 15.9. The van der Waals surface area contributed by atoms with Crippen molar-refractivity contribution in [2.75, 3.05) is 13.1 Å². The number of aromatic amines is 1. The molecule has 1 fully saturated rings. The topological polar surface area (TPSA) is 115 Å². The van der Waals surface area contributed by atoms with E-state index in [0.29, 0.717) is 30.0 Å². The molecule has 0 saturated carbocycles. The van der Waals surface area contributed by atoms with Crippen molar-refractivity contribution in [2.24, 2.45) is 0 Å². The van der Waals surface area contributed by atoms with E-state index in [1.54, 1.807) is 13.8 Å². The van der Waals surface area contributed by atoms with Crippen LogP contribution in [0.25, 0.3) is 0 Å². The smallest absolute Gasteiger partial charge is 0.326 e. The molecule has 0 unspecified atom stereocenters. The molecule has 0 bridgehead atoms. The summed E-state index contributed by atoms with van der Waals surface area (Å²) in [6.07, 6.45) is 1.59. The van der Waals surface area contributed by atoms with Crippen LogP contribution in [0.2, 0.25) is 0 Å². The van der Waals surface area contributed by atoms with E-state index in [1.165, 1.54) is 4.31 Å². The summed E-state index contributed by atoms with van der Waals surface area (Å²) in [5.74, 6) is -1.25. The Morgan fingerprint density at radius 2 is 2.00 bits per heavy atom. The molecule has 0 aliphatic carbocycles. The molecule has 0 spiro atoms. The molecule has 1 aliphatic heterocycles. The van der Waals surface area contributed by atoms with Gasteiger partial charge in [0, 0.05) is 24.3 Å². The summed E-state index contributed by atoms with van der Waals surface area (Å²) < 4.78 is 27.9. The van der Waals surface area contributed by atoms with Gasteiger partial charge in [0.2, 0.25) is 0 Å². The van der Waals surface area contributed by atoms with Crippen molar-refractivity contribution < 1.29 is 18.3 Å². The van der Waals surface area contributed by atoms with Gasteiger partial charge >= 0.3 is 5.97 Å². The first-order valence-electron chi connectivity index (χ1n) is 6.34. The Bertz CT molecular complexity index is 584. The number of aryl methyl sites for hydroxylation is 2. The minimum absolute atomic E-state index is 0.361. The van der Waals surface area contributed by atoms with Crippen LogP contribution in [-0.4, -0.2) is 47.1 Å². The average molecular weight is 302 g/mol. The van der Waals surface area contributed by atoms with Gasteiger partial charge in [0.05, 0.1) is 5.69 Å². The molecule has 112 valence electrons. The number of aromatic nitrogens is 2. The number of H-pyrrole nitrogens is 1. The third kappa shape index (κ3) is 2.84. The second-order valence-electron chi connectivity index (χ2n) is 4.85. The summed E-state index contributed by atoms with van der Waals surface area (Å²) in [4.78, 5) is 11.4. The molecular formula is C11H18N4O4S. The van der Waals surface area contributed by atoms with E-state index in [9.17, 15) is 18.3 Å². The van der Waals surface area contributed by atoms with Gasteiger partial charge in [0.15, 0.2) is 0 Å². The van der Waals surface area contributed by atoms with Crippen molar-refractivity contribution in [2.45, 2.75) is 32.7 Å². The molecule has 3 N–H and O–H groups in total. The fraction of sp³-hybridized carbons (Fsp3) is 0.636. The number of hydrogen-bond acceptors (Lipinski definition) is 4. The Hall–Kier alpha value is -1.45. The Morgan fingerprint density at radius 3 is 2.45 bits per heavy atom. The number of nitrogens with one attached hydrogen (secondary N) is 2. The fourth-order valence-electron chi connectivity index (χ4n) is 2.37. The first-order chi connectivity index (χ1) is 9.33. The Labute approximate surface area is 117 Å². The number of hydrogen-bond donors (Lipinski definition) is 3. The minimum Gasteiger partial charge on any atom is -0.480 e. The Morgan fingerprint density at radius 1 is 1.40 bits per heavy atom. The second-order valence-corrected chi connectivity index (χ2v) is 6.55. The maximum absolute atomic E-state index is 12.2. The molecular weight excluding hydrogens is 284 g/mol. The van der Waals surface area contributed by atoms with E-state index < -0.39 is 22.2 Å². The van der Waals surface area contributed by atoms with Gasteiger partial charge < -0.3 is 5.11 Å². The summed E-state index contributed by atoms with van der Waals surface area (Å²) in [5.41, 5.74) is 1.37. The number of carboxylic acids is 1. The van der Waals surface area contributed by atoms with Crippen molar-refractivity contribution in [1.82, 2.24) is 19.2 Å². The summed E-state index contributed by atoms with van der Waals surface area (Å²) >= 11 is 0. The van der Waals surface area contributed by atoms with Gasteiger partial charge in [0.1, 0.15) is 6.04 Å². The van der Waals surface area contributed by atoms with Gasteiger partial charge in [-0.25, -0.2) is 0 Å². The van der Waals surface area contributed by atoms with Crippen LogP contribution >= 0.6 is 0 Å². The molecule has 9 heteroatoms. The van der Waals surface area contributed by atoms with Crippen LogP contribution in [-0.2, 0) is 15.0 Å². The predicted octanol–water partition coefficient (Wildman–Crippen LogP) is 0.0824. The van der Waals surface area contributed by atoms with Gasteiger partial charge in [-0.05, 0) is 26.7 Å². The number of carboxylic acid groups (broad SMARTS) is 1. The van der Waals surface area contributed by atoms with Gasteiger partial charge in [0.25, 0.3) is 10.2 Å². The Balaban J connectivity index is 2.29. The lowest BCUT2D eigenvalue weighted by atomic mass is 10.1. The van der Waals surface area contributed by atoms with E-state index >= 15 is 0 Å². The lowest BCUT2D eigenvalue weighted by molar-refractivity contribution is -0.139. The van der Waals surface area contributed by atoms with Crippen LogP contribution in [0.15, 0.2) is 0 Å². The monoisotopic (exact) mass is 302 g/mol. The van der Waals surface area contributed by atoms with Crippen LogP contribution in [0.5, 0.6) is 0 Å². The van der Waals surface area contributed by atoms with Crippen molar-refractivity contribution in [3.63, 3.8) is 0 Å². The number of nitrogens with zero attached hydrogens (tertiary/aromatic N) is 2. The normalized spacial score (nSPS) is 18.3. The highest BCUT2D eigenvalue weighted by Gasteiger charge is 2.33. The molecule has 1 aromatic rings. The van der Waals surface area contributed by atoms with Crippen LogP contribution < -0.4 is 4.72 Å². The average Bonchev–Trinajstić information content (AvgIpc) is 2.98. The molecule has 1 aliphatic rings. The maximum Gasteiger partial charge on any atom is 0.326 e. The minimum atomic E-state index is -3.80. The summed E-state index contributed by atoms with van der Waals surface area (Å²) in [6, 6.07) is -1.33. The molecule has 0 amide bonds. The summed E-state index contributed by atoms with van der Waals surface area (Å²) in [7, 11) is -3.80. The number of carbonyl (C=O) groups is 1. The highest BCUT2D eigenvalue weighted by atomic mass is 32.2. The van der Waals surface area contributed by atoms with Gasteiger partial charge in [-0.1, -0.05) is 0 Å². The number of rotatable bonds is 5. The zero-order valence-electron chi connectivity index (χ0n) is 11.4. The van der Waals surface area contributed by atoms with Gasteiger partial charge in [-0.2, -0.15) is 22.5 Å². The first kappa shape index (κ1) is 14.9. The van der Waals surface area contributed by atoms with Crippen LogP contribution in [0.3, 0.4) is 0 Å². The van der Waals surface area contributed by atoms with Crippen molar-refractivity contribution in [3.8, 4) is 0 Å². The van der Waals surface area contributed by atoms with E-state index in [-0.39, 0.29) is 0 Å². The molecule has 0 aromatic carbocycles. The lowest BCUT2D eigenvalue weighted by Gasteiger charge is -2.20. The predicted molar refractivity (Wildman–Crippen MR) is 71.3 cm³/mol. The van der Waals surface area contributed by atoms with E-state index in [0.717, 1.165) is 12.8 Å². The highest BCUT2D eigenvalue weighted by molar-refractivity contribution is 7.87. The van der Waals surface area contributed by atoms with Gasteiger partial charge in [-0.3, -0.25) is 9.89 Å². The van der Waals surface area contributed by atoms with Crippen LogP contribution in [0, 0.1) is 13.8 Å². The largest absolute Gasteiger partial charge is 0.480 e. The van der Waals surface area contributed by atoms with Crippen LogP contribution in [0.1, 0.15) is 35.8 Å². The molecule has 8 nitrogen and oxygen atoms in total. The van der Waals surface area contributed by atoms with Crippen molar-refractivity contribution in [3.05, 3.63) is 17.0 Å². The highest BCUT2D eigenvalue weighted by Crippen LogP contribution is 2.22. The molecule has 2 rings (SSSR count). The zero-order valence-corrected chi connectivity index (χ0v) is 12.2.